The molecule has 3 rings (SSSR count). The molecule has 5 heteroatoms. The van der Waals surface area contributed by atoms with Gasteiger partial charge in [-0.3, -0.25) is 4.79 Å². The zero-order valence-corrected chi connectivity index (χ0v) is 18.5. The SMILES string of the molecule is C=C(C)[C@H]1C[C@H](c2ccc(Cl)cc2)[C@H](C)O[C@@H]1c1cc(CC(=O)O)ccc1OCC. The maximum absolute atomic E-state index is 11.2. The molecule has 1 N–H and O–H groups in total. The standard InChI is InChI=1S/C25H29ClO4/c1-5-29-23-11-6-17(13-24(27)28)12-22(23)25-20(15(2)3)14-21(16(4)30-25)18-7-9-19(26)10-8-18/h6-12,16,20-21,25H,2,5,13-14H2,1,3-4H3,(H,27,28)/t16-,20+,21-,25-/m0/s1. The van der Waals surface area contributed by atoms with E-state index in [2.05, 4.69) is 25.6 Å². The van der Waals surface area contributed by atoms with Crippen molar-refractivity contribution >= 4 is 17.6 Å². The number of ether oxygens (including phenoxy) is 2. The number of rotatable bonds is 7. The summed E-state index contributed by atoms with van der Waals surface area (Å²) >= 11 is 6.07. The summed E-state index contributed by atoms with van der Waals surface area (Å²) in [6.07, 6.45) is 0.588. The fourth-order valence-corrected chi connectivity index (χ4v) is 4.39. The molecule has 0 aromatic heterocycles. The van der Waals surface area contributed by atoms with Gasteiger partial charge in [-0.05, 0) is 62.6 Å². The van der Waals surface area contributed by atoms with E-state index in [1.54, 1.807) is 6.07 Å². The van der Waals surface area contributed by atoms with Gasteiger partial charge in [0.25, 0.3) is 0 Å². The molecule has 4 nitrogen and oxygen atoms in total. The van der Waals surface area contributed by atoms with Crippen LogP contribution in [0.2, 0.25) is 5.02 Å². The minimum atomic E-state index is -0.859. The molecule has 2 aromatic carbocycles. The Morgan fingerprint density at radius 2 is 1.97 bits per heavy atom. The number of hydrogen-bond donors (Lipinski definition) is 1. The quantitative estimate of drug-likeness (QED) is 0.534. The van der Waals surface area contributed by atoms with Crippen molar-refractivity contribution in [1.82, 2.24) is 0 Å². The van der Waals surface area contributed by atoms with E-state index in [0.29, 0.717) is 11.6 Å². The molecule has 0 spiro atoms. The Bertz CT molecular complexity index is 906. The van der Waals surface area contributed by atoms with Crippen LogP contribution in [-0.4, -0.2) is 23.8 Å². The Morgan fingerprint density at radius 1 is 1.27 bits per heavy atom. The third-order valence-electron chi connectivity index (χ3n) is 5.77. The van der Waals surface area contributed by atoms with Gasteiger partial charge in [0.05, 0.1) is 25.2 Å². The smallest absolute Gasteiger partial charge is 0.307 e. The van der Waals surface area contributed by atoms with Gasteiger partial charge in [0.1, 0.15) is 5.75 Å². The first-order chi connectivity index (χ1) is 14.3. The summed E-state index contributed by atoms with van der Waals surface area (Å²) < 4.78 is 12.4. The van der Waals surface area contributed by atoms with Crippen molar-refractivity contribution in [3.8, 4) is 5.75 Å². The summed E-state index contributed by atoms with van der Waals surface area (Å²) in [5.74, 6) is 0.182. The second-order valence-corrected chi connectivity index (χ2v) is 8.42. The molecule has 30 heavy (non-hydrogen) atoms. The highest BCUT2D eigenvalue weighted by molar-refractivity contribution is 6.30. The Labute approximate surface area is 183 Å². The van der Waals surface area contributed by atoms with E-state index in [1.807, 2.05) is 38.1 Å². The van der Waals surface area contributed by atoms with Gasteiger partial charge in [0.15, 0.2) is 0 Å². The van der Waals surface area contributed by atoms with Crippen LogP contribution in [0.1, 0.15) is 55.9 Å². The van der Waals surface area contributed by atoms with Crippen molar-refractivity contribution in [2.75, 3.05) is 6.61 Å². The van der Waals surface area contributed by atoms with Crippen molar-refractivity contribution in [3.05, 3.63) is 76.3 Å². The molecular formula is C25H29ClO4. The molecule has 0 bridgehead atoms. The summed E-state index contributed by atoms with van der Waals surface area (Å²) in [6, 6.07) is 13.5. The highest BCUT2D eigenvalue weighted by atomic mass is 35.5. The minimum Gasteiger partial charge on any atom is -0.493 e. The largest absolute Gasteiger partial charge is 0.493 e. The molecule has 1 aliphatic rings. The first kappa shape index (κ1) is 22.4. The van der Waals surface area contributed by atoms with E-state index in [1.165, 1.54) is 5.56 Å². The summed E-state index contributed by atoms with van der Waals surface area (Å²) in [7, 11) is 0. The first-order valence-electron chi connectivity index (χ1n) is 10.3. The van der Waals surface area contributed by atoms with Crippen LogP contribution in [0.4, 0.5) is 0 Å². The molecule has 1 fully saturated rings. The summed E-state index contributed by atoms with van der Waals surface area (Å²) in [5, 5.41) is 9.93. The minimum absolute atomic E-state index is 0.0237. The molecule has 0 amide bonds. The zero-order valence-electron chi connectivity index (χ0n) is 17.7. The average Bonchev–Trinajstić information content (AvgIpc) is 2.69. The Hall–Kier alpha value is -2.30. The van der Waals surface area contributed by atoms with Crippen LogP contribution >= 0.6 is 11.6 Å². The summed E-state index contributed by atoms with van der Waals surface area (Å²) in [4.78, 5) is 11.2. The molecule has 0 radical (unpaired) electrons. The highest BCUT2D eigenvalue weighted by Crippen LogP contribution is 2.48. The molecule has 2 aromatic rings. The molecule has 160 valence electrons. The van der Waals surface area contributed by atoms with Crippen molar-refractivity contribution in [2.24, 2.45) is 5.92 Å². The van der Waals surface area contributed by atoms with Crippen molar-refractivity contribution in [2.45, 2.75) is 51.7 Å². The molecule has 4 atom stereocenters. The monoisotopic (exact) mass is 428 g/mol. The molecule has 1 saturated heterocycles. The van der Waals surface area contributed by atoms with Crippen molar-refractivity contribution in [1.29, 1.82) is 0 Å². The van der Waals surface area contributed by atoms with Crippen LogP contribution in [0.15, 0.2) is 54.6 Å². The number of carboxylic acid groups (broad SMARTS) is 1. The Morgan fingerprint density at radius 3 is 2.57 bits per heavy atom. The van der Waals surface area contributed by atoms with E-state index in [9.17, 15) is 9.90 Å². The van der Waals surface area contributed by atoms with Gasteiger partial charge in [-0.1, -0.05) is 42.0 Å². The van der Waals surface area contributed by atoms with Gasteiger partial charge in [-0.2, -0.15) is 0 Å². The van der Waals surface area contributed by atoms with Crippen LogP contribution < -0.4 is 4.74 Å². The third kappa shape index (κ3) is 5.05. The predicted octanol–water partition coefficient (Wildman–Crippen LogP) is 6.19. The van der Waals surface area contributed by atoms with Crippen LogP contribution in [0, 0.1) is 5.92 Å². The molecular weight excluding hydrogens is 400 g/mol. The van der Waals surface area contributed by atoms with Gasteiger partial charge in [-0.15, -0.1) is 0 Å². The Kier molecular flexibility index (Phi) is 7.22. The van der Waals surface area contributed by atoms with Crippen LogP contribution in [-0.2, 0) is 16.0 Å². The Balaban J connectivity index is 1.97. The van der Waals surface area contributed by atoms with E-state index < -0.39 is 5.97 Å². The van der Waals surface area contributed by atoms with Crippen LogP contribution in [0.5, 0.6) is 5.75 Å². The number of hydrogen-bond acceptors (Lipinski definition) is 3. The molecule has 0 unspecified atom stereocenters. The van der Waals surface area contributed by atoms with E-state index in [0.717, 1.165) is 28.9 Å². The average molecular weight is 429 g/mol. The number of carbonyl (C=O) groups is 1. The highest BCUT2D eigenvalue weighted by Gasteiger charge is 2.39. The van der Waals surface area contributed by atoms with E-state index >= 15 is 0 Å². The number of aliphatic carboxylic acids is 1. The maximum atomic E-state index is 11.2. The fourth-order valence-electron chi connectivity index (χ4n) is 4.27. The van der Waals surface area contributed by atoms with Gasteiger partial charge < -0.3 is 14.6 Å². The van der Waals surface area contributed by atoms with Crippen molar-refractivity contribution in [3.63, 3.8) is 0 Å². The lowest BCUT2D eigenvalue weighted by Gasteiger charge is -2.42. The van der Waals surface area contributed by atoms with Gasteiger partial charge in [0.2, 0.25) is 0 Å². The lowest BCUT2D eigenvalue weighted by molar-refractivity contribution is -0.136. The van der Waals surface area contributed by atoms with Gasteiger partial charge in [-0.25, -0.2) is 0 Å². The molecule has 0 saturated carbocycles. The fraction of sp³-hybridized carbons (Fsp3) is 0.400. The topological polar surface area (TPSA) is 55.8 Å². The van der Waals surface area contributed by atoms with Crippen LogP contribution in [0.25, 0.3) is 0 Å². The lowest BCUT2D eigenvalue weighted by Crippen LogP contribution is -2.34. The van der Waals surface area contributed by atoms with Gasteiger partial charge >= 0.3 is 5.97 Å². The zero-order chi connectivity index (χ0) is 21.8. The molecule has 1 aliphatic heterocycles. The summed E-state index contributed by atoms with van der Waals surface area (Å²) in [5.41, 5.74) is 3.86. The van der Waals surface area contributed by atoms with E-state index in [4.69, 9.17) is 21.1 Å². The lowest BCUT2D eigenvalue weighted by atomic mass is 9.75. The first-order valence-corrected chi connectivity index (χ1v) is 10.7. The second-order valence-electron chi connectivity index (χ2n) is 7.98. The normalized spacial score (nSPS) is 23.7. The number of benzene rings is 2. The second kappa shape index (κ2) is 9.67. The molecule has 0 aliphatic carbocycles. The predicted molar refractivity (Wildman–Crippen MR) is 119 cm³/mol. The van der Waals surface area contributed by atoms with Crippen molar-refractivity contribution < 1.29 is 19.4 Å². The number of carboxylic acids is 1. The summed E-state index contributed by atoms with van der Waals surface area (Å²) in [6.45, 7) is 10.8. The van der Waals surface area contributed by atoms with Crippen LogP contribution in [0.3, 0.4) is 0 Å². The maximum Gasteiger partial charge on any atom is 0.307 e. The number of halogens is 1. The van der Waals surface area contributed by atoms with E-state index in [-0.39, 0.29) is 30.5 Å². The van der Waals surface area contributed by atoms with Gasteiger partial charge in [0, 0.05) is 22.4 Å². The third-order valence-corrected chi connectivity index (χ3v) is 6.02. The molecule has 1 heterocycles.